The molecule has 0 bridgehead atoms. The second kappa shape index (κ2) is 6.41. The zero-order chi connectivity index (χ0) is 11.2. The van der Waals surface area contributed by atoms with Crippen molar-refractivity contribution in [2.45, 2.75) is 47.6 Å². The summed E-state index contributed by atoms with van der Waals surface area (Å²) in [6.07, 6.45) is 0.208. The van der Waals surface area contributed by atoms with Crippen LogP contribution >= 0.6 is 0 Å². The molecule has 0 fully saturated rings. The molecule has 0 heterocycles. The summed E-state index contributed by atoms with van der Waals surface area (Å²) in [6, 6.07) is 0. The quantitative estimate of drug-likeness (QED) is 0.659. The highest BCUT2D eigenvalue weighted by Crippen LogP contribution is 2.13. The molecule has 14 heavy (non-hydrogen) atoms. The van der Waals surface area contributed by atoms with Gasteiger partial charge in [0.05, 0.1) is 19.3 Å². The molecule has 0 amide bonds. The molecule has 0 aliphatic heterocycles. The maximum atomic E-state index is 5.59. The highest BCUT2D eigenvalue weighted by Gasteiger charge is 2.11. The first-order valence-corrected chi connectivity index (χ1v) is 5.50. The summed E-state index contributed by atoms with van der Waals surface area (Å²) < 4.78 is 11.2. The summed E-state index contributed by atoms with van der Waals surface area (Å²) in [5.74, 6) is 0.597. The Hall–Kier alpha value is -0.0800. The maximum Gasteiger partial charge on any atom is 0.0780 e. The van der Waals surface area contributed by atoms with E-state index in [1.165, 1.54) is 0 Å². The van der Waals surface area contributed by atoms with E-state index in [1.54, 1.807) is 0 Å². The minimum Gasteiger partial charge on any atom is -0.378 e. The Balaban J connectivity index is 3.40. The van der Waals surface area contributed by atoms with Gasteiger partial charge in [-0.25, -0.2) is 0 Å². The molecule has 86 valence electrons. The van der Waals surface area contributed by atoms with Crippen molar-refractivity contribution in [1.29, 1.82) is 0 Å². The SMILES string of the molecule is CC(C)COC(C)COCC(C)(C)C. The van der Waals surface area contributed by atoms with E-state index in [9.17, 15) is 0 Å². The third-order valence-corrected chi connectivity index (χ3v) is 1.60. The van der Waals surface area contributed by atoms with E-state index in [4.69, 9.17) is 9.47 Å². The van der Waals surface area contributed by atoms with Crippen LogP contribution in [-0.2, 0) is 9.47 Å². The lowest BCUT2D eigenvalue weighted by Crippen LogP contribution is -2.22. The van der Waals surface area contributed by atoms with Crippen molar-refractivity contribution in [1.82, 2.24) is 0 Å². The molecule has 0 radical (unpaired) electrons. The van der Waals surface area contributed by atoms with Crippen LogP contribution in [0.5, 0.6) is 0 Å². The summed E-state index contributed by atoms with van der Waals surface area (Å²) in [5, 5.41) is 0. The first-order chi connectivity index (χ1) is 6.31. The summed E-state index contributed by atoms with van der Waals surface area (Å²) >= 11 is 0. The lowest BCUT2D eigenvalue weighted by Gasteiger charge is -2.20. The Bertz CT molecular complexity index is 136. The molecule has 0 aliphatic carbocycles. The molecule has 0 N–H and O–H groups in total. The van der Waals surface area contributed by atoms with Crippen LogP contribution in [0.3, 0.4) is 0 Å². The van der Waals surface area contributed by atoms with Gasteiger partial charge in [-0.05, 0) is 18.3 Å². The Kier molecular flexibility index (Phi) is 6.38. The highest BCUT2D eigenvalue weighted by atomic mass is 16.5. The summed E-state index contributed by atoms with van der Waals surface area (Å²) in [5.41, 5.74) is 0.248. The lowest BCUT2D eigenvalue weighted by atomic mass is 9.99. The molecule has 2 heteroatoms. The zero-order valence-corrected chi connectivity index (χ0v) is 10.6. The molecule has 0 saturated carbocycles. The molecule has 0 rings (SSSR count). The number of rotatable bonds is 6. The van der Waals surface area contributed by atoms with Gasteiger partial charge >= 0.3 is 0 Å². The van der Waals surface area contributed by atoms with Crippen molar-refractivity contribution >= 4 is 0 Å². The van der Waals surface area contributed by atoms with E-state index in [1.807, 2.05) is 0 Å². The smallest absolute Gasteiger partial charge is 0.0780 e. The van der Waals surface area contributed by atoms with Crippen LogP contribution in [0.15, 0.2) is 0 Å². The topological polar surface area (TPSA) is 18.5 Å². The monoisotopic (exact) mass is 202 g/mol. The van der Waals surface area contributed by atoms with E-state index in [2.05, 4.69) is 41.5 Å². The van der Waals surface area contributed by atoms with Crippen molar-refractivity contribution < 1.29 is 9.47 Å². The van der Waals surface area contributed by atoms with Gasteiger partial charge in [0, 0.05) is 6.61 Å². The molecule has 2 nitrogen and oxygen atoms in total. The Morgan fingerprint density at radius 2 is 1.57 bits per heavy atom. The molecular formula is C12H26O2. The van der Waals surface area contributed by atoms with Crippen molar-refractivity contribution in [3.05, 3.63) is 0 Å². The minimum atomic E-state index is 0.208. The van der Waals surface area contributed by atoms with Gasteiger partial charge in [-0.3, -0.25) is 0 Å². The Labute approximate surface area is 89.0 Å². The van der Waals surface area contributed by atoms with Gasteiger partial charge in [-0.1, -0.05) is 34.6 Å². The van der Waals surface area contributed by atoms with Gasteiger partial charge in [-0.2, -0.15) is 0 Å². The molecule has 0 saturated heterocycles. The van der Waals surface area contributed by atoms with Crippen molar-refractivity contribution in [2.75, 3.05) is 19.8 Å². The predicted molar refractivity (Wildman–Crippen MR) is 60.5 cm³/mol. The van der Waals surface area contributed by atoms with E-state index in [-0.39, 0.29) is 11.5 Å². The van der Waals surface area contributed by atoms with Gasteiger partial charge in [-0.15, -0.1) is 0 Å². The lowest BCUT2D eigenvalue weighted by molar-refractivity contribution is -0.0315. The minimum absolute atomic E-state index is 0.208. The van der Waals surface area contributed by atoms with Gasteiger partial charge < -0.3 is 9.47 Å². The third-order valence-electron chi connectivity index (χ3n) is 1.60. The fourth-order valence-electron chi connectivity index (χ4n) is 0.936. The molecule has 0 spiro atoms. The Morgan fingerprint density at radius 1 is 1.00 bits per heavy atom. The van der Waals surface area contributed by atoms with Gasteiger partial charge in [0.2, 0.25) is 0 Å². The molecule has 0 aliphatic rings. The predicted octanol–water partition coefficient (Wildman–Crippen LogP) is 3.11. The molecule has 1 unspecified atom stereocenters. The second-order valence-electron chi connectivity index (χ2n) is 5.61. The van der Waals surface area contributed by atoms with Crippen LogP contribution in [0.2, 0.25) is 0 Å². The summed E-state index contributed by atoms with van der Waals surface area (Å²) in [4.78, 5) is 0. The molecule has 0 aromatic rings. The number of ether oxygens (including phenoxy) is 2. The summed E-state index contributed by atoms with van der Waals surface area (Å²) in [7, 11) is 0. The first kappa shape index (κ1) is 13.9. The van der Waals surface area contributed by atoms with Crippen molar-refractivity contribution in [2.24, 2.45) is 11.3 Å². The first-order valence-electron chi connectivity index (χ1n) is 5.50. The van der Waals surface area contributed by atoms with Crippen LogP contribution in [0.1, 0.15) is 41.5 Å². The van der Waals surface area contributed by atoms with Crippen LogP contribution in [0, 0.1) is 11.3 Å². The van der Waals surface area contributed by atoms with Gasteiger partial charge in [0.1, 0.15) is 0 Å². The second-order valence-corrected chi connectivity index (χ2v) is 5.61. The highest BCUT2D eigenvalue weighted by molar-refractivity contribution is 4.59. The number of hydrogen-bond donors (Lipinski definition) is 0. The largest absolute Gasteiger partial charge is 0.378 e. The van der Waals surface area contributed by atoms with Crippen LogP contribution in [-0.4, -0.2) is 25.9 Å². The fraction of sp³-hybridized carbons (Fsp3) is 1.00. The average Bonchev–Trinajstić information content (AvgIpc) is 1.98. The zero-order valence-electron chi connectivity index (χ0n) is 10.6. The van der Waals surface area contributed by atoms with Crippen LogP contribution in [0.25, 0.3) is 0 Å². The molecular weight excluding hydrogens is 176 g/mol. The standard InChI is InChI=1S/C12H26O2/c1-10(2)7-14-11(3)8-13-9-12(4,5)6/h10-11H,7-9H2,1-6H3. The molecule has 1 atom stereocenters. The van der Waals surface area contributed by atoms with Crippen LogP contribution < -0.4 is 0 Å². The van der Waals surface area contributed by atoms with E-state index < -0.39 is 0 Å². The number of hydrogen-bond acceptors (Lipinski definition) is 2. The van der Waals surface area contributed by atoms with E-state index >= 15 is 0 Å². The molecule has 0 aromatic heterocycles. The average molecular weight is 202 g/mol. The normalized spacial score (nSPS) is 14.8. The van der Waals surface area contributed by atoms with E-state index in [0.717, 1.165) is 13.2 Å². The van der Waals surface area contributed by atoms with Crippen LogP contribution in [0.4, 0.5) is 0 Å². The summed E-state index contributed by atoms with van der Waals surface area (Å²) in [6.45, 7) is 15.2. The molecule has 0 aromatic carbocycles. The Morgan fingerprint density at radius 3 is 2.00 bits per heavy atom. The van der Waals surface area contributed by atoms with Gasteiger partial charge in [0.15, 0.2) is 0 Å². The van der Waals surface area contributed by atoms with Gasteiger partial charge in [0.25, 0.3) is 0 Å². The fourth-order valence-corrected chi connectivity index (χ4v) is 0.936. The maximum absolute atomic E-state index is 5.59. The van der Waals surface area contributed by atoms with E-state index in [0.29, 0.717) is 12.5 Å². The van der Waals surface area contributed by atoms with Crippen molar-refractivity contribution in [3.63, 3.8) is 0 Å². The third kappa shape index (κ3) is 10.0. The van der Waals surface area contributed by atoms with Crippen molar-refractivity contribution in [3.8, 4) is 0 Å².